The van der Waals surface area contributed by atoms with E-state index in [9.17, 15) is 0 Å². The van der Waals surface area contributed by atoms with Gasteiger partial charge in [-0.15, -0.1) is 0 Å². The van der Waals surface area contributed by atoms with Gasteiger partial charge in [0.2, 0.25) is 0 Å². The highest BCUT2D eigenvalue weighted by molar-refractivity contribution is 5.02. The Bertz CT molecular complexity index is 379. The second-order valence-electron chi connectivity index (χ2n) is 6.47. The Morgan fingerprint density at radius 2 is 2.10 bits per heavy atom. The molecule has 1 fully saturated rings. The van der Waals surface area contributed by atoms with E-state index in [4.69, 9.17) is 5.10 Å². The zero-order chi connectivity index (χ0) is 14.4. The van der Waals surface area contributed by atoms with Crippen molar-refractivity contribution in [3.63, 3.8) is 0 Å². The lowest BCUT2D eigenvalue weighted by Crippen LogP contribution is -2.31. The van der Waals surface area contributed by atoms with E-state index in [2.05, 4.69) is 43.2 Å². The van der Waals surface area contributed by atoms with Crippen LogP contribution in [-0.2, 0) is 6.42 Å². The van der Waals surface area contributed by atoms with E-state index in [1.54, 1.807) is 0 Å². The first kappa shape index (κ1) is 15.6. The molecule has 0 spiro atoms. The second-order valence-corrected chi connectivity index (χ2v) is 6.47. The number of likely N-dealkylation sites (N-methyl/N-ethyl adjacent to an activating group) is 1. The molecule has 0 aromatic carbocycles. The van der Waals surface area contributed by atoms with Crippen LogP contribution in [0.25, 0.3) is 0 Å². The Labute approximate surface area is 124 Å². The molecule has 1 saturated carbocycles. The fraction of sp³-hybridized carbons (Fsp3) is 0.824. The Hall–Kier alpha value is -0.830. The Kier molecular flexibility index (Phi) is 6.08. The summed E-state index contributed by atoms with van der Waals surface area (Å²) in [6.07, 6.45) is 12.8. The van der Waals surface area contributed by atoms with Gasteiger partial charge in [-0.25, -0.2) is 0 Å². The van der Waals surface area contributed by atoms with Gasteiger partial charge in [-0.1, -0.05) is 39.0 Å². The van der Waals surface area contributed by atoms with Gasteiger partial charge in [0.05, 0.1) is 5.69 Å². The van der Waals surface area contributed by atoms with Gasteiger partial charge in [0.15, 0.2) is 0 Å². The third kappa shape index (κ3) is 4.34. The largest absolute Gasteiger partial charge is 0.317 e. The first-order valence-corrected chi connectivity index (χ1v) is 8.44. The van der Waals surface area contributed by atoms with E-state index in [0.29, 0.717) is 12.1 Å². The van der Waals surface area contributed by atoms with Crippen molar-refractivity contribution in [2.45, 2.75) is 77.3 Å². The predicted octanol–water partition coefficient (Wildman–Crippen LogP) is 3.96. The van der Waals surface area contributed by atoms with Crippen molar-refractivity contribution in [2.75, 3.05) is 7.05 Å². The van der Waals surface area contributed by atoms with Crippen molar-refractivity contribution in [1.29, 1.82) is 0 Å². The summed E-state index contributed by atoms with van der Waals surface area (Å²) in [6, 6.07) is 3.28. The molecule has 0 radical (unpaired) electrons. The average Bonchev–Trinajstić information content (AvgIpc) is 2.95. The normalized spacial score (nSPS) is 19.9. The summed E-state index contributed by atoms with van der Waals surface area (Å²) in [5, 5.41) is 8.24. The lowest BCUT2D eigenvalue weighted by Gasteiger charge is -2.26. The summed E-state index contributed by atoms with van der Waals surface area (Å²) in [7, 11) is 2.10. The molecule has 1 aliphatic rings. The minimum absolute atomic E-state index is 0.509. The van der Waals surface area contributed by atoms with Crippen LogP contribution in [0.3, 0.4) is 0 Å². The molecule has 1 aromatic rings. The van der Waals surface area contributed by atoms with Gasteiger partial charge >= 0.3 is 0 Å². The van der Waals surface area contributed by atoms with E-state index in [0.717, 1.165) is 18.8 Å². The van der Waals surface area contributed by atoms with Crippen LogP contribution in [0.2, 0.25) is 0 Å². The van der Waals surface area contributed by atoms with E-state index >= 15 is 0 Å². The highest BCUT2D eigenvalue weighted by atomic mass is 15.3. The van der Waals surface area contributed by atoms with Gasteiger partial charge in [-0.05, 0) is 38.8 Å². The summed E-state index contributed by atoms with van der Waals surface area (Å²) in [5.41, 5.74) is 1.24. The molecule has 3 nitrogen and oxygen atoms in total. The molecular weight excluding hydrogens is 246 g/mol. The number of nitrogens with zero attached hydrogens (tertiary/aromatic N) is 2. The standard InChI is InChI=1S/C17H31N3/c1-4-14(2)20-11-10-16(19-20)13-17(18-3)12-15-8-6-5-7-9-15/h10-11,14-15,17-18H,4-9,12-13H2,1-3H3. The van der Waals surface area contributed by atoms with Crippen LogP contribution >= 0.6 is 0 Å². The van der Waals surface area contributed by atoms with Crippen LogP contribution in [0, 0.1) is 5.92 Å². The number of hydrogen-bond donors (Lipinski definition) is 1. The van der Waals surface area contributed by atoms with Crippen molar-refractivity contribution in [2.24, 2.45) is 5.92 Å². The molecule has 2 unspecified atom stereocenters. The summed E-state index contributed by atoms with van der Waals surface area (Å²) in [5.74, 6) is 0.929. The maximum Gasteiger partial charge on any atom is 0.0640 e. The third-order valence-corrected chi connectivity index (χ3v) is 4.91. The fourth-order valence-corrected chi connectivity index (χ4v) is 3.30. The van der Waals surface area contributed by atoms with Crippen LogP contribution in [-0.4, -0.2) is 22.9 Å². The highest BCUT2D eigenvalue weighted by Gasteiger charge is 2.19. The Morgan fingerprint density at radius 1 is 1.35 bits per heavy atom. The van der Waals surface area contributed by atoms with Gasteiger partial charge in [0.25, 0.3) is 0 Å². The van der Waals surface area contributed by atoms with Gasteiger partial charge in [-0.2, -0.15) is 5.10 Å². The van der Waals surface area contributed by atoms with Gasteiger partial charge in [0, 0.05) is 24.7 Å². The zero-order valence-electron chi connectivity index (χ0n) is 13.4. The van der Waals surface area contributed by atoms with E-state index in [1.165, 1.54) is 44.2 Å². The van der Waals surface area contributed by atoms with Gasteiger partial charge < -0.3 is 5.32 Å². The van der Waals surface area contributed by atoms with Crippen LogP contribution in [0.15, 0.2) is 12.3 Å². The first-order valence-electron chi connectivity index (χ1n) is 8.44. The summed E-state index contributed by atoms with van der Waals surface area (Å²) in [4.78, 5) is 0. The molecule has 1 heterocycles. The Balaban J connectivity index is 1.87. The SMILES string of the molecule is CCC(C)n1ccc(CC(CC2CCCCC2)NC)n1. The van der Waals surface area contributed by atoms with E-state index in [1.807, 2.05) is 0 Å². The minimum Gasteiger partial charge on any atom is -0.317 e. The molecule has 1 N–H and O–H groups in total. The van der Waals surface area contributed by atoms with E-state index < -0.39 is 0 Å². The van der Waals surface area contributed by atoms with Crippen LogP contribution < -0.4 is 5.32 Å². The van der Waals surface area contributed by atoms with Crippen LogP contribution in [0.5, 0.6) is 0 Å². The molecule has 0 aliphatic heterocycles. The molecule has 20 heavy (non-hydrogen) atoms. The monoisotopic (exact) mass is 277 g/mol. The topological polar surface area (TPSA) is 29.9 Å². The molecule has 3 heteroatoms. The summed E-state index contributed by atoms with van der Waals surface area (Å²) < 4.78 is 2.11. The summed E-state index contributed by atoms with van der Waals surface area (Å²) >= 11 is 0. The number of hydrogen-bond acceptors (Lipinski definition) is 2. The molecular formula is C17H31N3. The maximum atomic E-state index is 4.74. The van der Waals surface area contributed by atoms with Gasteiger partial charge in [0.1, 0.15) is 0 Å². The van der Waals surface area contributed by atoms with E-state index in [-0.39, 0.29) is 0 Å². The van der Waals surface area contributed by atoms with Crippen molar-refractivity contribution >= 4 is 0 Å². The van der Waals surface area contributed by atoms with Crippen molar-refractivity contribution in [3.05, 3.63) is 18.0 Å². The molecule has 2 rings (SSSR count). The minimum atomic E-state index is 0.509. The first-order chi connectivity index (χ1) is 9.72. The molecule has 1 aliphatic carbocycles. The molecule has 0 amide bonds. The summed E-state index contributed by atoms with van der Waals surface area (Å²) in [6.45, 7) is 4.44. The average molecular weight is 277 g/mol. The molecule has 0 saturated heterocycles. The quantitative estimate of drug-likeness (QED) is 0.817. The molecule has 114 valence electrons. The number of aromatic nitrogens is 2. The Morgan fingerprint density at radius 3 is 2.75 bits per heavy atom. The third-order valence-electron chi connectivity index (χ3n) is 4.91. The second kappa shape index (κ2) is 7.82. The van der Waals surface area contributed by atoms with Crippen LogP contribution in [0.4, 0.5) is 0 Å². The lowest BCUT2D eigenvalue weighted by atomic mass is 9.84. The number of rotatable bonds is 7. The zero-order valence-corrected chi connectivity index (χ0v) is 13.4. The predicted molar refractivity (Wildman–Crippen MR) is 85.0 cm³/mol. The van der Waals surface area contributed by atoms with Crippen molar-refractivity contribution in [1.82, 2.24) is 15.1 Å². The van der Waals surface area contributed by atoms with Gasteiger partial charge in [-0.3, -0.25) is 4.68 Å². The molecule has 1 aromatic heterocycles. The maximum absolute atomic E-state index is 4.74. The van der Waals surface area contributed by atoms with Crippen molar-refractivity contribution in [3.8, 4) is 0 Å². The van der Waals surface area contributed by atoms with Crippen molar-refractivity contribution < 1.29 is 0 Å². The molecule has 2 atom stereocenters. The fourth-order valence-electron chi connectivity index (χ4n) is 3.30. The lowest BCUT2D eigenvalue weighted by molar-refractivity contribution is 0.301. The highest BCUT2D eigenvalue weighted by Crippen LogP contribution is 2.28. The van der Waals surface area contributed by atoms with Crippen LogP contribution in [0.1, 0.15) is 70.5 Å². The smallest absolute Gasteiger partial charge is 0.0640 e. The molecule has 0 bridgehead atoms. The number of nitrogens with one attached hydrogen (secondary N) is 1.